The van der Waals surface area contributed by atoms with Crippen LogP contribution in [-0.4, -0.2) is 11.1 Å². The molecule has 3 unspecified atom stereocenters. The summed E-state index contributed by atoms with van der Waals surface area (Å²) in [4.78, 5) is 11.7. The van der Waals surface area contributed by atoms with E-state index in [1.54, 1.807) is 0 Å². The third-order valence-electron chi connectivity index (χ3n) is 5.17. The quantitative estimate of drug-likeness (QED) is 0.735. The second kappa shape index (κ2) is 4.83. The van der Waals surface area contributed by atoms with Crippen LogP contribution in [0.4, 0.5) is 0 Å². The lowest BCUT2D eigenvalue weighted by molar-refractivity contribution is -0.147. The molecule has 96 valence electrons. The highest BCUT2D eigenvalue weighted by atomic mass is 16.4. The van der Waals surface area contributed by atoms with Gasteiger partial charge in [0, 0.05) is 0 Å². The first kappa shape index (κ1) is 12.7. The first-order valence-corrected chi connectivity index (χ1v) is 7.03. The lowest BCUT2D eigenvalue weighted by Crippen LogP contribution is -2.42. The lowest BCUT2D eigenvalue weighted by atomic mass is 9.58. The van der Waals surface area contributed by atoms with Crippen LogP contribution in [0.1, 0.15) is 58.8 Å². The minimum absolute atomic E-state index is 0.0840. The van der Waals surface area contributed by atoms with Crippen molar-refractivity contribution in [2.45, 2.75) is 58.8 Å². The Morgan fingerprint density at radius 2 is 2.18 bits per heavy atom. The van der Waals surface area contributed by atoms with E-state index in [9.17, 15) is 9.90 Å². The van der Waals surface area contributed by atoms with E-state index in [1.807, 2.05) is 6.92 Å². The van der Waals surface area contributed by atoms with Crippen LogP contribution < -0.4 is 0 Å². The van der Waals surface area contributed by atoms with Gasteiger partial charge in [-0.1, -0.05) is 31.4 Å². The maximum absolute atomic E-state index is 11.7. The van der Waals surface area contributed by atoms with Gasteiger partial charge >= 0.3 is 5.97 Å². The van der Waals surface area contributed by atoms with Crippen LogP contribution in [0.3, 0.4) is 0 Å². The summed E-state index contributed by atoms with van der Waals surface area (Å²) in [6, 6.07) is 0. The predicted molar refractivity (Wildman–Crippen MR) is 68.8 cm³/mol. The number of carbonyl (C=O) groups is 1. The molecule has 17 heavy (non-hydrogen) atoms. The van der Waals surface area contributed by atoms with Gasteiger partial charge in [0.05, 0.1) is 5.92 Å². The third kappa shape index (κ3) is 1.92. The minimum atomic E-state index is -0.585. The molecule has 1 N–H and O–H groups in total. The molecule has 2 nitrogen and oxygen atoms in total. The molecular formula is C15H24O2. The van der Waals surface area contributed by atoms with Gasteiger partial charge in [-0.3, -0.25) is 4.79 Å². The molecule has 3 atom stereocenters. The molecule has 0 aromatic rings. The summed E-state index contributed by atoms with van der Waals surface area (Å²) >= 11 is 0. The SMILES string of the molecule is C/C=C1/CCCC2(CCCC2CC)C1C(=O)O. The molecule has 0 saturated heterocycles. The van der Waals surface area contributed by atoms with Crippen molar-refractivity contribution < 1.29 is 9.90 Å². The van der Waals surface area contributed by atoms with Crippen LogP contribution in [0, 0.1) is 17.3 Å². The Kier molecular flexibility index (Phi) is 3.60. The molecule has 0 aromatic carbocycles. The molecule has 0 heterocycles. The fourth-order valence-electron chi connectivity index (χ4n) is 4.48. The Morgan fingerprint density at radius 1 is 1.47 bits per heavy atom. The molecule has 2 aliphatic rings. The van der Waals surface area contributed by atoms with E-state index < -0.39 is 5.97 Å². The summed E-state index contributed by atoms with van der Waals surface area (Å²) in [7, 11) is 0. The van der Waals surface area contributed by atoms with Crippen LogP contribution in [0.5, 0.6) is 0 Å². The average Bonchev–Trinajstić information content (AvgIpc) is 2.71. The number of carboxylic acid groups (broad SMARTS) is 1. The summed E-state index contributed by atoms with van der Waals surface area (Å²) in [5.74, 6) is -0.161. The number of hydrogen-bond acceptors (Lipinski definition) is 1. The van der Waals surface area contributed by atoms with Crippen LogP contribution in [0.2, 0.25) is 0 Å². The molecular weight excluding hydrogens is 212 g/mol. The van der Waals surface area contributed by atoms with Gasteiger partial charge in [-0.25, -0.2) is 0 Å². The van der Waals surface area contributed by atoms with Gasteiger partial charge in [-0.05, 0) is 50.4 Å². The predicted octanol–water partition coefficient (Wildman–Crippen LogP) is 4.01. The normalized spacial score (nSPS) is 40.0. The Hall–Kier alpha value is -0.790. The van der Waals surface area contributed by atoms with Gasteiger partial charge in [-0.2, -0.15) is 0 Å². The highest BCUT2D eigenvalue weighted by Crippen LogP contribution is 2.58. The van der Waals surface area contributed by atoms with Gasteiger partial charge in [0.15, 0.2) is 0 Å². The highest BCUT2D eigenvalue weighted by molar-refractivity contribution is 5.75. The van der Waals surface area contributed by atoms with Gasteiger partial charge in [-0.15, -0.1) is 0 Å². The largest absolute Gasteiger partial charge is 0.481 e. The highest BCUT2D eigenvalue weighted by Gasteiger charge is 2.52. The van der Waals surface area contributed by atoms with Crippen LogP contribution in [-0.2, 0) is 4.79 Å². The van der Waals surface area contributed by atoms with Crippen molar-refractivity contribution in [3.05, 3.63) is 11.6 Å². The molecule has 0 radical (unpaired) electrons. The van der Waals surface area contributed by atoms with Crippen molar-refractivity contribution in [2.75, 3.05) is 0 Å². The number of carboxylic acids is 1. The van der Waals surface area contributed by atoms with E-state index in [1.165, 1.54) is 24.8 Å². The second-order valence-electron chi connectivity index (χ2n) is 5.72. The lowest BCUT2D eigenvalue weighted by Gasteiger charge is -2.45. The van der Waals surface area contributed by atoms with E-state index in [0.717, 1.165) is 25.7 Å². The third-order valence-corrected chi connectivity index (χ3v) is 5.17. The summed E-state index contributed by atoms with van der Waals surface area (Å²) in [5, 5.41) is 9.64. The van der Waals surface area contributed by atoms with Crippen LogP contribution >= 0.6 is 0 Å². The number of allylic oxidation sites excluding steroid dienone is 1. The molecule has 2 aliphatic carbocycles. The Bertz CT molecular complexity index is 332. The second-order valence-corrected chi connectivity index (χ2v) is 5.72. The molecule has 1 spiro atoms. The first-order chi connectivity index (χ1) is 8.15. The van der Waals surface area contributed by atoms with Crippen molar-refractivity contribution in [1.82, 2.24) is 0 Å². The fraction of sp³-hybridized carbons (Fsp3) is 0.800. The van der Waals surface area contributed by atoms with Gasteiger partial charge in [0.1, 0.15) is 0 Å². The Balaban J connectivity index is 2.39. The summed E-state index contributed by atoms with van der Waals surface area (Å²) in [6.45, 7) is 4.22. The van der Waals surface area contributed by atoms with Gasteiger partial charge in [0.2, 0.25) is 0 Å². The first-order valence-electron chi connectivity index (χ1n) is 7.03. The molecule has 2 rings (SSSR count). The minimum Gasteiger partial charge on any atom is -0.481 e. The molecule has 0 bridgehead atoms. The van der Waals surface area contributed by atoms with E-state index in [4.69, 9.17) is 0 Å². The van der Waals surface area contributed by atoms with Crippen molar-refractivity contribution in [1.29, 1.82) is 0 Å². The van der Waals surface area contributed by atoms with Crippen molar-refractivity contribution >= 4 is 5.97 Å². The summed E-state index contributed by atoms with van der Waals surface area (Å²) < 4.78 is 0. The smallest absolute Gasteiger partial charge is 0.311 e. The van der Waals surface area contributed by atoms with Crippen LogP contribution in [0.15, 0.2) is 11.6 Å². The molecule has 2 saturated carbocycles. The molecule has 0 aliphatic heterocycles. The van der Waals surface area contributed by atoms with Crippen molar-refractivity contribution in [2.24, 2.45) is 17.3 Å². The maximum atomic E-state index is 11.7. The zero-order chi connectivity index (χ0) is 12.5. The monoisotopic (exact) mass is 236 g/mol. The van der Waals surface area contributed by atoms with E-state index >= 15 is 0 Å². The van der Waals surface area contributed by atoms with E-state index in [2.05, 4.69) is 13.0 Å². The van der Waals surface area contributed by atoms with E-state index in [-0.39, 0.29) is 11.3 Å². The molecule has 0 amide bonds. The molecule has 2 fully saturated rings. The zero-order valence-electron chi connectivity index (χ0n) is 11.0. The maximum Gasteiger partial charge on any atom is 0.311 e. The van der Waals surface area contributed by atoms with Crippen molar-refractivity contribution in [3.8, 4) is 0 Å². The van der Waals surface area contributed by atoms with E-state index in [0.29, 0.717) is 5.92 Å². The molecule has 2 heteroatoms. The number of aliphatic carboxylic acids is 1. The Labute approximate surface area is 104 Å². The Morgan fingerprint density at radius 3 is 2.76 bits per heavy atom. The molecule has 0 aromatic heterocycles. The van der Waals surface area contributed by atoms with Crippen molar-refractivity contribution in [3.63, 3.8) is 0 Å². The number of rotatable bonds is 2. The zero-order valence-corrected chi connectivity index (χ0v) is 11.0. The van der Waals surface area contributed by atoms with Gasteiger partial charge in [0.25, 0.3) is 0 Å². The number of hydrogen-bond donors (Lipinski definition) is 1. The fourth-order valence-corrected chi connectivity index (χ4v) is 4.48. The van der Waals surface area contributed by atoms with Crippen LogP contribution in [0.25, 0.3) is 0 Å². The summed E-state index contributed by atoms with van der Waals surface area (Å²) in [5.41, 5.74) is 1.27. The summed E-state index contributed by atoms with van der Waals surface area (Å²) in [6.07, 6.45) is 10.1. The van der Waals surface area contributed by atoms with Gasteiger partial charge < -0.3 is 5.11 Å². The average molecular weight is 236 g/mol. The standard InChI is InChI=1S/C15H24O2/c1-3-11-7-5-9-15(13(11)14(16)17)10-6-8-12(15)4-2/h3,12-13H,4-10H2,1-2H3,(H,16,17)/b11-3-. The topological polar surface area (TPSA) is 37.3 Å².